The smallest absolute Gasteiger partial charge is 0.269 e. The van der Waals surface area contributed by atoms with Gasteiger partial charge in [-0.25, -0.2) is 4.98 Å². The molecule has 0 radical (unpaired) electrons. The average molecular weight is 945 g/mol. The first-order valence-corrected chi connectivity index (χ1v) is 25.0. The summed E-state index contributed by atoms with van der Waals surface area (Å²) in [7, 11) is 0. The molecule has 11 rings (SSSR count). The molecule has 0 atom stereocenters. The summed E-state index contributed by atoms with van der Waals surface area (Å²) in [5, 5.41) is 2.14. The predicted molar refractivity (Wildman–Crippen MR) is 299 cm³/mol. The first-order chi connectivity index (χ1) is 37.3. The standard InChI is InChI=1S/C67H62N4O/c1-9-45(10-2)49-35-36-68-64(40-49)71-60-30-18-17-27-58(60)59-33-32-55(43-62(59)71)72-54-26-19-25-53(42-54)69-44-70(63-39-48(31-34-61(63)69)46-21-13-11-14-22-46)65-56(47-23-15-12-16-24-47)28-20-29-57(65)50-37-51(66(3,4)5)41-52(38-50)67(6,7)8/h11-43,45H,9-10H2,1-8H3/i12D,15D,16D,23D,24D,45D. The van der Waals surface area contributed by atoms with E-state index in [0.29, 0.717) is 35.6 Å². The van der Waals surface area contributed by atoms with E-state index < -0.39 is 24.0 Å². The van der Waals surface area contributed by atoms with Crippen molar-refractivity contribution in [1.82, 2.24) is 14.1 Å². The minimum absolute atomic E-state index is 0.100. The number of hydrogen-bond acceptors (Lipinski definition) is 2. The third-order valence-corrected chi connectivity index (χ3v) is 14.0. The highest BCUT2D eigenvalue weighted by Crippen LogP contribution is 2.41. The Kier molecular flexibility index (Phi) is 10.3. The summed E-state index contributed by atoms with van der Waals surface area (Å²) >= 11 is 0. The molecule has 0 N–H and O–H groups in total. The van der Waals surface area contributed by atoms with Gasteiger partial charge in [-0.05, 0) is 134 Å². The van der Waals surface area contributed by atoms with E-state index >= 15 is 0 Å². The van der Waals surface area contributed by atoms with Crippen LogP contribution < -0.4 is 9.30 Å². The maximum atomic E-state index is 9.36. The molecule has 3 aromatic heterocycles. The zero-order chi connectivity index (χ0) is 55.0. The molecular weight excluding hydrogens is 877 g/mol. The quantitative estimate of drug-likeness (QED) is 0.0957. The topological polar surface area (TPSA) is 35.9 Å². The zero-order valence-electron chi connectivity index (χ0n) is 48.3. The summed E-state index contributed by atoms with van der Waals surface area (Å²) in [5.41, 5.74) is 12.0. The number of ether oxygens (including phenoxy) is 1. The number of fused-ring (bicyclic) bond motifs is 4. The second-order valence-electron chi connectivity index (χ2n) is 20.7. The summed E-state index contributed by atoms with van der Waals surface area (Å²) < 4.78 is 67.2. The molecule has 0 spiro atoms. The van der Waals surface area contributed by atoms with Crippen LogP contribution in [0.15, 0.2) is 200 Å². The lowest BCUT2D eigenvalue weighted by atomic mass is 9.78. The van der Waals surface area contributed by atoms with Crippen LogP contribution >= 0.6 is 0 Å². The van der Waals surface area contributed by atoms with E-state index in [1.54, 1.807) is 0 Å². The van der Waals surface area contributed by atoms with Crippen molar-refractivity contribution >= 4 is 32.8 Å². The zero-order valence-corrected chi connectivity index (χ0v) is 42.3. The Balaban J connectivity index is 1.12. The number of para-hydroxylation sites is 2. The SMILES string of the molecule is [2H]c1c([2H])c([2H])c(-c2cccc(-c3cc(C(C)(C)C)cc(C(C)(C)C)c3)c2-[n+]2[c-]n(-c3cccc(Oc4ccc5c6ccccc6n(-c6cc(C([2H])(CC)CC)ccn6)c5c4)c3)c3ccc(-c4ccccc4)cc32)c([2H])c1[2H]. The van der Waals surface area contributed by atoms with Gasteiger partial charge in [0, 0.05) is 24.4 Å². The minimum atomic E-state index is -0.730. The Bertz CT molecular complexity index is 4080. The first kappa shape index (κ1) is 39.7. The van der Waals surface area contributed by atoms with Crippen molar-refractivity contribution in [1.29, 1.82) is 0 Å². The fourth-order valence-electron chi connectivity index (χ4n) is 10.0. The molecule has 5 nitrogen and oxygen atoms in total. The van der Waals surface area contributed by atoms with Crippen molar-refractivity contribution in [2.45, 2.75) is 85.0 Å². The number of benzene rings is 8. The van der Waals surface area contributed by atoms with Crippen LogP contribution in [0.2, 0.25) is 0 Å². The van der Waals surface area contributed by atoms with Crippen molar-refractivity contribution in [3.05, 3.63) is 223 Å². The van der Waals surface area contributed by atoms with Gasteiger partial charge in [0.1, 0.15) is 17.3 Å². The van der Waals surface area contributed by atoms with Gasteiger partial charge in [0.2, 0.25) is 0 Å². The second kappa shape index (κ2) is 18.6. The molecule has 72 heavy (non-hydrogen) atoms. The number of aromatic nitrogens is 4. The Morgan fingerprint density at radius 1 is 0.583 bits per heavy atom. The highest BCUT2D eigenvalue weighted by Gasteiger charge is 2.25. The maximum Gasteiger partial charge on any atom is 0.269 e. The van der Waals surface area contributed by atoms with Gasteiger partial charge in [0.25, 0.3) is 6.33 Å². The summed E-state index contributed by atoms with van der Waals surface area (Å²) in [6.45, 7) is 17.4. The van der Waals surface area contributed by atoms with Crippen LogP contribution in [0, 0.1) is 6.33 Å². The molecule has 0 saturated carbocycles. The molecule has 0 fully saturated rings. The van der Waals surface area contributed by atoms with E-state index in [2.05, 4.69) is 145 Å². The number of imidazole rings is 1. The van der Waals surface area contributed by atoms with Crippen LogP contribution in [-0.4, -0.2) is 14.1 Å². The van der Waals surface area contributed by atoms with Gasteiger partial charge >= 0.3 is 0 Å². The summed E-state index contributed by atoms with van der Waals surface area (Å²) in [4.78, 5) is 4.87. The molecule has 0 aliphatic heterocycles. The molecule has 0 aliphatic carbocycles. The van der Waals surface area contributed by atoms with Gasteiger partial charge in [0.05, 0.1) is 40.3 Å². The van der Waals surface area contributed by atoms with Gasteiger partial charge < -0.3 is 4.74 Å². The van der Waals surface area contributed by atoms with Gasteiger partial charge in [-0.15, -0.1) is 0 Å². The second-order valence-corrected chi connectivity index (χ2v) is 20.7. The van der Waals surface area contributed by atoms with Crippen LogP contribution in [-0.2, 0) is 10.8 Å². The normalized spacial score (nSPS) is 13.4. The number of nitrogens with zero attached hydrogens (tertiary/aromatic N) is 4. The van der Waals surface area contributed by atoms with Gasteiger partial charge in [-0.3, -0.25) is 13.7 Å². The number of pyridine rings is 1. The molecule has 5 heteroatoms. The van der Waals surface area contributed by atoms with E-state index in [9.17, 15) is 4.11 Å². The Hall–Kier alpha value is -8.02. The Labute approximate surface area is 433 Å². The lowest BCUT2D eigenvalue weighted by Gasteiger charge is -2.27. The highest BCUT2D eigenvalue weighted by molar-refractivity contribution is 6.09. The van der Waals surface area contributed by atoms with E-state index in [1.807, 2.05) is 100 Å². The molecule has 3 heterocycles. The van der Waals surface area contributed by atoms with Gasteiger partial charge in [0.15, 0.2) is 0 Å². The average Bonchev–Trinajstić information content (AvgIpc) is 4.08. The molecule has 0 aliphatic rings. The largest absolute Gasteiger partial charge is 0.458 e. The van der Waals surface area contributed by atoms with Crippen LogP contribution in [0.5, 0.6) is 11.5 Å². The van der Waals surface area contributed by atoms with E-state index in [1.165, 1.54) is 0 Å². The molecule has 0 saturated heterocycles. The van der Waals surface area contributed by atoms with Crippen molar-refractivity contribution in [3.8, 4) is 62.1 Å². The maximum absolute atomic E-state index is 9.36. The molecule has 356 valence electrons. The minimum Gasteiger partial charge on any atom is -0.458 e. The molecular formula is C67H62N4O. The fourth-order valence-corrected chi connectivity index (χ4v) is 10.0. The highest BCUT2D eigenvalue weighted by atomic mass is 16.5. The van der Waals surface area contributed by atoms with E-state index in [4.69, 9.17) is 13.8 Å². The van der Waals surface area contributed by atoms with Crippen molar-refractivity contribution < 1.29 is 17.5 Å². The van der Waals surface area contributed by atoms with Crippen LogP contribution in [0.25, 0.3) is 83.4 Å². The van der Waals surface area contributed by atoms with Gasteiger partial charge in [-0.1, -0.05) is 189 Å². The summed E-state index contributed by atoms with van der Waals surface area (Å²) in [5.74, 6) is 1.23. The van der Waals surface area contributed by atoms with E-state index in [-0.39, 0.29) is 28.5 Å². The summed E-state index contributed by atoms with van der Waals surface area (Å²) in [6.07, 6.45) is 6.95. The van der Waals surface area contributed by atoms with Gasteiger partial charge in [-0.2, -0.15) is 0 Å². The summed E-state index contributed by atoms with van der Waals surface area (Å²) in [6, 6.07) is 53.6. The molecule has 0 bridgehead atoms. The molecule has 8 aromatic carbocycles. The Morgan fingerprint density at radius 3 is 2.00 bits per heavy atom. The van der Waals surface area contributed by atoms with Crippen molar-refractivity contribution in [2.24, 2.45) is 0 Å². The lowest BCUT2D eigenvalue weighted by molar-refractivity contribution is -0.571. The number of hydrogen-bond donors (Lipinski definition) is 0. The predicted octanol–water partition coefficient (Wildman–Crippen LogP) is 17.5. The lowest BCUT2D eigenvalue weighted by Crippen LogP contribution is -2.31. The fraction of sp³-hybridized carbons (Fsp3) is 0.194. The van der Waals surface area contributed by atoms with Crippen molar-refractivity contribution in [3.63, 3.8) is 0 Å². The number of rotatable bonds is 11. The van der Waals surface area contributed by atoms with E-state index in [0.717, 1.165) is 83.3 Å². The first-order valence-electron chi connectivity index (χ1n) is 28.0. The van der Waals surface area contributed by atoms with Crippen LogP contribution in [0.3, 0.4) is 0 Å². The molecule has 0 amide bonds. The monoisotopic (exact) mass is 945 g/mol. The third kappa shape index (κ3) is 8.68. The molecule has 0 unspecified atom stereocenters. The van der Waals surface area contributed by atoms with Crippen molar-refractivity contribution in [2.75, 3.05) is 0 Å². The third-order valence-electron chi connectivity index (χ3n) is 14.0. The van der Waals surface area contributed by atoms with Crippen LogP contribution in [0.1, 0.15) is 99.0 Å². The van der Waals surface area contributed by atoms with Crippen LogP contribution in [0.4, 0.5) is 0 Å². The Morgan fingerprint density at radius 2 is 1.26 bits per heavy atom. The molecule has 11 aromatic rings.